The molecule has 0 saturated carbocycles. The molecule has 0 atom stereocenters. The van der Waals surface area contributed by atoms with Gasteiger partial charge in [-0.3, -0.25) is 0 Å². The first kappa shape index (κ1) is 13.5. The highest BCUT2D eigenvalue weighted by Crippen LogP contribution is 2.38. The van der Waals surface area contributed by atoms with Gasteiger partial charge in [0.05, 0.1) is 0 Å². The van der Waals surface area contributed by atoms with Gasteiger partial charge in [-0.05, 0) is 67.2 Å². The second kappa shape index (κ2) is 5.79. The molecule has 0 aliphatic heterocycles. The molecule has 0 unspecified atom stereocenters. The number of fused-ring (bicyclic) bond motifs is 1. The molecule has 1 heteroatoms. The first-order chi connectivity index (χ1) is 8.65. The maximum absolute atomic E-state index is 4.11. The minimum absolute atomic E-state index is 1.15. The van der Waals surface area contributed by atoms with Crippen LogP contribution in [0.25, 0.3) is 5.57 Å². The highest BCUT2D eigenvalue weighted by molar-refractivity contribution is 7.99. The van der Waals surface area contributed by atoms with Crippen LogP contribution in [-0.4, -0.2) is 5.75 Å². The SMILES string of the molecule is C=C(C)C1=C(C)c2cccc(SCCC)c2CC1. The quantitative estimate of drug-likeness (QED) is 0.644. The Morgan fingerprint density at radius 2 is 2.11 bits per heavy atom. The molecule has 96 valence electrons. The first-order valence-corrected chi connectivity index (χ1v) is 7.74. The minimum Gasteiger partial charge on any atom is -0.126 e. The van der Waals surface area contributed by atoms with Crippen LogP contribution >= 0.6 is 11.8 Å². The van der Waals surface area contributed by atoms with Crippen LogP contribution < -0.4 is 0 Å². The van der Waals surface area contributed by atoms with Crippen molar-refractivity contribution in [2.45, 2.75) is 44.9 Å². The van der Waals surface area contributed by atoms with Crippen LogP contribution in [0.3, 0.4) is 0 Å². The van der Waals surface area contributed by atoms with E-state index in [-0.39, 0.29) is 0 Å². The standard InChI is InChI=1S/C17H22S/c1-5-11-18-17-8-6-7-15-13(4)14(12(2)3)9-10-16(15)17/h6-8H,2,5,9-11H2,1,3-4H3. The number of benzene rings is 1. The fourth-order valence-electron chi connectivity index (χ4n) is 2.66. The average Bonchev–Trinajstić information content (AvgIpc) is 2.36. The molecule has 2 rings (SSSR count). The van der Waals surface area contributed by atoms with Gasteiger partial charge < -0.3 is 0 Å². The highest BCUT2D eigenvalue weighted by Gasteiger charge is 2.18. The summed E-state index contributed by atoms with van der Waals surface area (Å²) in [6, 6.07) is 6.74. The number of rotatable bonds is 4. The minimum atomic E-state index is 1.15. The molecule has 0 amide bonds. The van der Waals surface area contributed by atoms with Crippen molar-refractivity contribution < 1.29 is 0 Å². The van der Waals surface area contributed by atoms with Crippen LogP contribution in [0.1, 0.15) is 44.7 Å². The Labute approximate surface area is 115 Å². The van der Waals surface area contributed by atoms with Gasteiger partial charge >= 0.3 is 0 Å². The second-order valence-corrected chi connectivity index (χ2v) is 6.15. The Bertz CT molecular complexity index is 494. The lowest BCUT2D eigenvalue weighted by molar-refractivity contribution is 0.899. The van der Waals surface area contributed by atoms with Crippen molar-refractivity contribution in [2.75, 3.05) is 5.75 Å². The summed E-state index contributed by atoms with van der Waals surface area (Å²) >= 11 is 2.00. The Morgan fingerprint density at radius 1 is 1.33 bits per heavy atom. The van der Waals surface area contributed by atoms with E-state index in [0.717, 1.165) is 6.42 Å². The number of thioether (sulfide) groups is 1. The third-order valence-corrected chi connectivity index (χ3v) is 4.90. The molecular weight excluding hydrogens is 236 g/mol. The van der Waals surface area contributed by atoms with Crippen molar-refractivity contribution >= 4 is 17.3 Å². The zero-order valence-corrected chi connectivity index (χ0v) is 12.5. The third kappa shape index (κ3) is 2.56. The van der Waals surface area contributed by atoms with Crippen molar-refractivity contribution in [3.05, 3.63) is 47.1 Å². The molecule has 1 aromatic rings. The van der Waals surface area contributed by atoms with E-state index in [1.54, 1.807) is 5.56 Å². The van der Waals surface area contributed by atoms with Crippen molar-refractivity contribution in [3.8, 4) is 0 Å². The van der Waals surface area contributed by atoms with Crippen molar-refractivity contribution in [1.82, 2.24) is 0 Å². The predicted molar refractivity (Wildman–Crippen MR) is 83.2 cm³/mol. The number of hydrogen-bond acceptors (Lipinski definition) is 1. The smallest absolute Gasteiger partial charge is 0.0110 e. The molecule has 1 aliphatic carbocycles. The van der Waals surface area contributed by atoms with Crippen molar-refractivity contribution in [2.24, 2.45) is 0 Å². The summed E-state index contributed by atoms with van der Waals surface area (Å²) in [5.41, 5.74) is 7.12. The van der Waals surface area contributed by atoms with Gasteiger partial charge in [-0.2, -0.15) is 0 Å². The topological polar surface area (TPSA) is 0 Å². The molecule has 0 bridgehead atoms. The summed E-state index contributed by atoms with van der Waals surface area (Å²) in [7, 11) is 0. The molecule has 0 spiro atoms. The van der Waals surface area contributed by atoms with Gasteiger partial charge in [-0.15, -0.1) is 11.8 Å². The monoisotopic (exact) mass is 258 g/mol. The number of hydrogen-bond donors (Lipinski definition) is 0. The van der Waals surface area contributed by atoms with Gasteiger partial charge in [0, 0.05) is 4.90 Å². The molecule has 0 saturated heterocycles. The zero-order chi connectivity index (χ0) is 13.1. The summed E-state index contributed by atoms with van der Waals surface area (Å²) in [5.74, 6) is 1.21. The van der Waals surface area contributed by atoms with Crippen molar-refractivity contribution in [3.63, 3.8) is 0 Å². The number of allylic oxidation sites excluding steroid dienone is 3. The highest BCUT2D eigenvalue weighted by atomic mass is 32.2. The third-order valence-electron chi connectivity index (χ3n) is 3.59. The largest absolute Gasteiger partial charge is 0.126 e. The Balaban J connectivity index is 2.42. The normalized spacial score (nSPS) is 14.6. The average molecular weight is 258 g/mol. The summed E-state index contributed by atoms with van der Waals surface area (Å²) in [6.07, 6.45) is 3.56. The molecule has 1 aromatic carbocycles. The molecule has 0 fully saturated rings. The predicted octanol–water partition coefficient (Wildman–Crippen LogP) is 5.48. The van der Waals surface area contributed by atoms with Crippen LogP contribution in [0, 0.1) is 0 Å². The summed E-state index contributed by atoms with van der Waals surface area (Å²) in [5, 5.41) is 0. The van der Waals surface area contributed by atoms with Crippen LogP contribution in [0.15, 0.2) is 40.8 Å². The van der Waals surface area contributed by atoms with E-state index in [1.807, 2.05) is 11.8 Å². The lowest BCUT2D eigenvalue weighted by Gasteiger charge is -2.23. The van der Waals surface area contributed by atoms with Gasteiger partial charge in [0.2, 0.25) is 0 Å². The van der Waals surface area contributed by atoms with Crippen molar-refractivity contribution in [1.29, 1.82) is 0 Å². The molecule has 0 radical (unpaired) electrons. The van der Waals surface area contributed by atoms with Gasteiger partial charge in [0.15, 0.2) is 0 Å². The van der Waals surface area contributed by atoms with Gasteiger partial charge in [0.1, 0.15) is 0 Å². The molecule has 0 N–H and O–H groups in total. The fraction of sp³-hybridized carbons (Fsp3) is 0.412. The maximum atomic E-state index is 4.11. The second-order valence-electron chi connectivity index (χ2n) is 5.01. The molecule has 0 aromatic heterocycles. The van der Waals surface area contributed by atoms with E-state index < -0.39 is 0 Å². The zero-order valence-electron chi connectivity index (χ0n) is 11.7. The van der Waals surface area contributed by atoms with Gasteiger partial charge in [-0.1, -0.05) is 31.2 Å². The van der Waals surface area contributed by atoms with Crippen LogP contribution in [0.4, 0.5) is 0 Å². The van der Waals surface area contributed by atoms with Gasteiger partial charge in [-0.25, -0.2) is 0 Å². The fourth-order valence-corrected chi connectivity index (χ4v) is 3.64. The summed E-state index contributed by atoms with van der Waals surface area (Å²) < 4.78 is 0. The van der Waals surface area contributed by atoms with E-state index in [1.165, 1.54) is 45.8 Å². The molecular formula is C17H22S. The first-order valence-electron chi connectivity index (χ1n) is 6.75. The van der Waals surface area contributed by atoms with Crippen LogP contribution in [-0.2, 0) is 6.42 Å². The lowest BCUT2D eigenvalue weighted by atomic mass is 9.84. The Morgan fingerprint density at radius 3 is 2.78 bits per heavy atom. The van der Waals surface area contributed by atoms with Gasteiger partial charge in [0.25, 0.3) is 0 Å². The maximum Gasteiger partial charge on any atom is 0.0110 e. The van der Waals surface area contributed by atoms with E-state index in [9.17, 15) is 0 Å². The van der Waals surface area contributed by atoms with E-state index >= 15 is 0 Å². The Kier molecular flexibility index (Phi) is 4.34. The molecule has 1 aliphatic rings. The van der Waals surface area contributed by atoms with E-state index in [4.69, 9.17) is 0 Å². The Hall–Kier alpha value is -0.950. The van der Waals surface area contributed by atoms with E-state index in [2.05, 4.69) is 45.5 Å². The summed E-state index contributed by atoms with van der Waals surface area (Å²) in [4.78, 5) is 1.48. The molecule has 0 nitrogen and oxygen atoms in total. The van der Waals surface area contributed by atoms with Crippen LogP contribution in [0.2, 0.25) is 0 Å². The lowest BCUT2D eigenvalue weighted by Crippen LogP contribution is -2.05. The van der Waals surface area contributed by atoms with Crippen LogP contribution in [0.5, 0.6) is 0 Å². The van der Waals surface area contributed by atoms with E-state index in [0.29, 0.717) is 0 Å². The molecule has 18 heavy (non-hydrogen) atoms. The molecule has 0 heterocycles. The summed E-state index contributed by atoms with van der Waals surface area (Å²) in [6.45, 7) is 10.7.